The minimum Gasteiger partial charge on any atom is -0.484 e. The zero-order valence-corrected chi connectivity index (χ0v) is 22.2. The Morgan fingerprint density at radius 3 is 2.46 bits per heavy atom. The highest BCUT2D eigenvalue weighted by Gasteiger charge is 2.54. The summed E-state index contributed by atoms with van der Waals surface area (Å²) in [7, 11) is 0. The van der Waals surface area contributed by atoms with Crippen LogP contribution in [0.5, 0.6) is 5.75 Å². The second-order valence-corrected chi connectivity index (χ2v) is 10.1. The maximum Gasteiger partial charge on any atom is 0.352 e. The summed E-state index contributed by atoms with van der Waals surface area (Å²) >= 11 is 7.09. The third-order valence-corrected chi connectivity index (χ3v) is 7.47. The first kappa shape index (κ1) is 28.0. The Balaban J connectivity index is 1.45. The van der Waals surface area contributed by atoms with Crippen molar-refractivity contribution >= 4 is 53.0 Å². The van der Waals surface area contributed by atoms with Crippen molar-refractivity contribution in [1.82, 2.24) is 15.5 Å². The number of halogens is 1. The average molecular weight is 574 g/mol. The van der Waals surface area contributed by atoms with Gasteiger partial charge in [0, 0.05) is 23.3 Å². The van der Waals surface area contributed by atoms with Gasteiger partial charge in [-0.25, -0.2) is 4.79 Å². The van der Waals surface area contributed by atoms with E-state index in [1.807, 2.05) is 0 Å². The Hall–Kier alpha value is -4.03. The molecule has 0 aliphatic carbocycles. The number of carbonyl (C=O) groups excluding carboxylic acids is 4. The largest absolute Gasteiger partial charge is 0.484 e. The highest BCUT2D eigenvalue weighted by Crippen LogP contribution is 2.40. The molecule has 0 bridgehead atoms. The molecule has 13 heteroatoms. The summed E-state index contributed by atoms with van der Waals surface area (Å²) in [5.41, 5.74) is 0.500. The predicted molar refractivity (Wildman–Crippen MR) is 141 cm³/mol. The number of carboxylic acids is 1. The number of carbonyl (C=O) groups is 5. The van der Waals surface area contributed by atoms with E-state index in [1.165, 1.54) is 18.7 Å². The molecular formula is C26H24ClN3O8S. The van der Waals surface area contributed by atoms with Gasteiger partial charge in [-0.1, -0.05) is 41.9 Å². The van der Waals surface area contributed by atoms with Gasteiger partial charge < -0.3 is 25.2 Å². The highest BCUT2D eigenvalue weighted by molar-refractivity contribution is 8.00. The summed E-state index contributed by atoms with van der Waals surface area (Å²) in [6, 6.07) is 12.7. The van der Waals surface area contributed by atoms with Crippen molar-refractivity contribution in [2.24, 2.45) is 0 Å². The van der Waals surface area contributed by atoms with Gasteiger partial charge in [-0.05, 0) is 29.8 Å². The van der Waals surface area contributed by atoms with Crippen LogP contribution in [0.3, 0.4) is 0 Å². The van der Waals surface area contributed by atoms with Crippen LogP contribution in [-0.2, 0) is 28.7 Å². The smallest absolute Gasteiger partial charge is 0.352 e. The van der Waals surface area contributed by atoms with Gasteiger partial charge in [-0.2, -0.15) is 0 Å². The van der Waals surface area contributed by atoms with E-state index in [0.717, 1.165) is 4.90 Å². The van der Waals surface area contributed by atoms with E-state index in [4.69, 9.17) is 21.1 Å². The predicted octanol–water partition coefficient (Wildman–Crippen LogP) is 1.88. The topological polar surface area (TPSA) is 151 Å². The van der Waals surface area contributed by atoms with Crippen molar-refractivity contribution < 1.29 is 38.6 Å². The minimum atomic E-state index is -1.34. The number of rotatable bonds is 10. The molecule has 0 radical (unpaired) electrons. The number of hydrogen-bond donors (Lipinski definition) is 3. The molecule has 1 fully saturated rings. The van der Waals surface area contributed by atoms with Gasteiger partial charge in [0.2, 0.25) is 5.91 Å². The van der Waals surface area contributed by atoms with Gasteiger partial charge in [0.25, 0.3) is 11.8 Å². The number of aliphatic carboxylic acids is 1. The second kappa shape index (κ2) is 12.2. The lowest BCUT2D eigenvalue weighted by Gasteiger charge is -2.49. The lowest BCUT2D eigenvalue weighted by molar-refractivity contribution is -0.151. The van der Waals surface area contributed by atoms with E-state index in [1.54, 1.807) is 54.6 Å². The fourth-order valence-electron chi connectivity index (χ4n) is 4.05. The molecule has 0 aromatic heterocycles. The van der Waals surface area contributed by atoms with E-state index in [9.17, 15) is 29.1 Å². The fraction of sp³-hybridized carbons (Fsp3) is 0.269. The first-order valence-electron chi connectivity index (χ1n) is 11.7. The lowest BCUT2D eigenvalue weighted by Crippen LogP contribution is -2.71. The summed E-state index contributed by atoms with van der Waals surface area (Å²) in [6.45, 7) is 0.578. The monoisotopic (exact) mass is 573 g/mol. The van der Waals surface area contributed by atoms with Crippen LogP contribution in [0, 0.1) is 0 Å². The van der Waals surface area contributed by atoms with Crippen LogP contribution < -0.4 is 15.4 Å². The van der Waals surface area contributed by atoms with Crippen LogP contribution in [-0.4, -0.2) is 70.0 Å². The second-order valence-electron chi connectivity index (χ2n) is 8.59. The molecule has 2 aromatic rings. The van der Waals surface area contributed by atoms with E-state index in [2.05, 4.69) is 10.6 Å². The molecule has 2 aliphatic rings. The summed E-state index contributed by atoms with van der Waals surface area (Å²) in [5.74, 6) is -3.15. The van der Waals surface area contributed by atoms with Gasteiger partial charge in [0.15, 0.2) is 6.61 Å². The molecule has 3 N–H and O–H groups in total. The number of amides is 3. The number of nitrogens with one attached hydrogen (secondary N) is 2. The molecule has 0 saturated carbocycles. The summed E-state index contributed by atoms with van der Waals surface area (Å²) in [6.07, 6.45) is 0. The molecule has 0 unspecified atom stereocenters. The standard InChI is InChI=1S/C26H24ClN3O8S/c1-14(31)37-11-16-13-39-25-21(24(34)30(25)22(16)26(35)36)29-23(33)20(15-5-3-2-4-6-15)28-19(32)12-38-18-9-7-17(27)8-10-18/h2-10,20-21,25H,11-13H2,1H3,(H,28,32)(H,29,33)(H,35,36)/t20-,21+,25+/m0/s1. The average Bonchev–Trinajstić information content (AvgIpc) is 2.92. The van der Waals surface area contributed by atoms with Gasteiger partial charge >= 0.3 is 11.9 Å². The Morgan fingerprint density at radius 1 is 1.13 bits per heavy atom. The molecular weight excluding hydrogens is 550 g/mol. The van der Waals surface area contributed by atoms with Crippen LogP contribution >= 0.6 is 23.4 Å². The zero-order valence-electron chi connectivity index (χ0n) is 20.6. The Kier molecular flexibility index (Phi) is 8.77. The summed E-state index contributed by atoms with van der Waals surface area (Å²) in [4.78, 5) is 63.1. The number of β-lactam (4-membered cyclic amide) rings is 1. The molecule has 2 heterocycles. The number of hydrogen-bond acceptors (Lipinski definition) is 8. The molecule has 3 atom stereocenters. The molecule has 11 nitrogen and oxygen atoms in total. The Labute approximate surface area is 232 Å². The Bertz CT molecular complexity index is 1320. The van der Waals surface area contributed by atoms with Crippen molar-refractivity contribution in [1.29, 1.82) is 0 Å². The van der Waals surface area contributed by atoms with Gasteiger partial charge in [-0.3, -0.25) is 24.1 Å². The van der Waals surface area contributed by atoms with Gasteiger partial charge in [0.05, 0.1) is 0 Å². The number of ether oxygens (including phenoxy) is 2. The first-order valence-corrected chi connectivity index (χ1v) is 13.1. The highest BCUT2D eigenvalue weighted by atomic mass is 35.5. The third kappa shape index (κ3) is 6.52. The van der Waals surface area contributed by atoms with E-state index in [0.29, 0.717) is 16.3 Å². The summed E-state index contributed by atoms with van der Waals surface area (Å²) in [5, 5.41) is 14.8. The maximum atomic E-state index is 13.3. The number of carboxylic acid groups (broad SMARTS) is 1. The number of fused-ring (bicyclic) bond motifs is 1. The minimum absolute atomic E-state index is 0.191. The molecule has 3 amide bonds. The third-order valence-electron chi connectivity index (χ3n) is 5.88. The molecule has 4 rings (SSSR count). The molecule has 0 spiro atoms. The zero-order chi connectivity index (χ0) is 28.1. The van der Waals surface area contributed by atoms with Gasteiger partial charge in [-0.15, -0.1) is 11.8 Å². The number of benzene rings is 2. The van der Waals surface area contributed by atoms with Gasteiger partial charge in [0.1, 0.15) is 35.5 Å². The van der Waals surface area contributed by atoms with E-state index < -0.39 is 47.1 Å². The fourth-order valence-corrected chi connectivity index (χ4v) is 5.50. The molecule has 2 aromatic carbocycles. The maximum absolute atomic E-state index is 13.3. The van der Waals surface area contributed by atoms with Crippen LogP contribution in [0.25, 0.3) is 0 Å². The van der Waals surface area contributed by atoms with Crippen LogP contribution in [0.4, 0.5) is 0 Å². The molecule has 2 aliphatic heterocycles. The number of nitrogens with zero attached hydrogens (tertiary/aromatic N) is 1. The number of esters is 1. The number of thioether (sulfide) groups is 1. The van der Waals surface area contributed by atoms with E-state index in [-0.39, 0.29) is 30.2 Å². The SMILES string of the molecule is CC(=O)OCC1=C(C(=O)O)N2C(=O)[C@@H](NC(=O)[C@@H](NC(=O)COc3ccc(Cl)cc3)c3ccccc3)[C@H]2SC1. The normalized spacial score (nSPS) is 18.8. The first-order chi connectivity index (χ1) is 18.7. The van der Waals surface area contributed by atoms with Crippen LogP contribution in [0.1, 0.15) is 18.5 Å². The van der Waals surface area contributed by atoms with Crippen molar-refractivity contribution in [3.05, 3.63) is 76.5 Å². The van der Waals surface area contributed by atoms with Crippen LogP contribution in [0.2, 0.25) is 5.02 Å². The quantitative estimate of drug-likeness (QED) is 0.286. The van der Waals surface area contributed by atoms with Crippen LogP contribution in [0.15, 0.2) is 65.9 Å². The van der Waals surface area contributed by atoms with Crippen molar-refractivity contribution in [2.75, 3.05) is 19.0 Å². The molecule has 39 heavy (non-hydrogen) atoms. The van der Waals surface area contributed by atoms with E-state index >= 15 is 0 Å². The van der Waals surface area contributed by atoms with Crippen molar-refractivity contribution in [2.45, 2.75) is 24.4 Å². The molecule has 204 valence electrons. The van der Waals surface area contributed by atoms with Crippen molar-refractivity contribution in [3.8, 4) is 5.75 Å². The van der Waals surface area contributed by atoms with Crippen molar-refractivity contribution in [3.63, 3.8) is 0 Å². The summed E-state index contributed by atoms with van der Waals surface area (Å²) < 4.78 is 10.4. The molecule has 1 saturated heterocycles. The Morgan fingerprint density at radius 2 is 1.82 bits per heavy atom. The lowest BCUT2D eigenvalue weighted by atomic mass is 10.0.